The van der Waals surface area contributed by atoms with E-state index in [4.69, 9.17) is 9.84 Å². The molecule has 0 fully saturated rings. The molecule has 0 aliphatic rings. The van der Waals surface area contributed by atoms with E-state index in [2.05, 4.69) is 21.2 Å². The summed E-state index contributed by atoms with van der Waals surface area (Å²) in [6.45, 7) is 4.89. The third-order valence-corrected chi connectivity index (χ3v) is 2.48. The summed E-state index contributed by atoms with van der Waals surface area (Å²) in [5.74, 6) is -0.613. The number of hydrogen-bond acceptors (Lipinski definition) is 3. The number of carbonyl (C=O) groups excluding carboxylic acids is 1. The molecule has 0 heterocycles. The van der Waals surface area contributed by atoms with Crippen LogP contribution in [0.25, 0.3) is 0 Å². The summed E-state index contributed by atoms with van der Waals surface area (Å²) in [7, 11) is 0. The van der Waals surface area contributed by atoms with Crippen molar-refractivity contribution >= 4 is 27.7 Å². The molecule has 0 aliphatic carbocycles. The van der Waals surface area contributed by atoms with Crippen LogP contribution in [0.15, 0.2) is 16.6 Å². The van der Waals surface area contributed by atoms with Gasteiger partial charge in [0, 0.05) is 0 Å². The van der Waals surface area contributed by atoms with E-state index in [0.717, 1.165) is 0 Å². The standard InChI is InChI=1S/C12H15BrFNO3/c1-12(2,3)18-11(17)15-9-5-7(6-16)4-8(13)10(9)14/h4-5,16H,6H2,1-3H3,(H,15,17). The van der Waals surface area contributed by atoms with Gasteiger partial charge in [0.25, 0.3) is 0 Å². The Balaban J connectivity index is 2.90. The van der Waals surface area contributed by atoms with Gasteiger partial charge < -0.3 is 9.84 Å². The van der Waals surface area contributed by atoms with Gasteiger partial charge in [-0.1, -0.05) is 0 Å². The normalized spacial score (nSPS) is 11.2. The van der Waals surface area contributed by atoms with Crippen molar-refractivity contribution in [3.63, 3.8) is 0 Å². The highest BCUT2D eigenvalue weighted by molar-refractivity contribution is 9.10. The number of benzene rings is 1. The number of aliphatic hydroxyl groups is 1. The lowest BCUT2D eigenvalue weighted by atomic mass is 10.2. The van der Waals surface area contributed by atoms with Crippen molar-refractivity contribution in [1.82, 2.24) is 0 Å². The molecule has 1 aromatic rings. The van der Waals surface area contributed by atoms with Crippen molar-refractivity contribution in [2.75, 3.05) is 5.32 Å². The van der Waals surface area contributed by atoms with E-state index in [1.165, 1.54) is 12.1 Å². The highest BCUT2D eigenvalue weighted by Gasteiger charge is 2.18. The molecule has 0 unspecified atom stereocenters. The van der Waals surface area contributed by atoms with Crippen molar-refractivity contribution < 1.29 is 19.0 Å². The van der Waals surface area contributed by atoms with Crippen molar-refractivity contribution in [3.05, 3.63) is 28.0 Å². The molecule has 0 aliphatic heterocycles. The van der Waals surface area contributed by atoms with Gasteiger partial charge in [0.2, 0.25) is 0 Å². The first-order valence-corrected chi connectivity index (χ1v) is 6.11. The first kappa shape index (κ1) is 14.9. The van der Waals surface area contributed by atoms with E-state index in [0.29, 0.717) is 5.56 Å². The van der Waals surface area contributed by atoms with Gasteiger partial charge in [-0.15, -0.1) is 0 Å². The maximum atomic E-state index is 13.7. The lowest BCUT2D eigenvalue weighted by molar-refractivity contribution is 0.0635. The molecule has 1 aromatic carbocycles. The van der Waals surface area contributed by atoms with Crippen LogP contribution in [0.1, 0.15) is 26.3 Å². The summed E-state index contributed by atoms with van der Waals surface area (Å²) in [6, 6.07) is 2.79. The molecular formula is C12H15BrFNO3. The summed E-state index contributed by atoms with van der Waals surface area (Å²) < 4.78 is 18.9. The molecule has 0 saturated heterocycles. The zero-order chi connectivity index (χ0) is 13.9. The SMILES string of the molecule is CC(C)(C)OC(=O)Nc1cc(CO)cc(Br)c1F. The van der Waals surface area contributed by atoms with Crippen LogP contribution in [0.4, 0.5) is 14.9 Å². The van der Waals surface area contributed by atoms with Crippen LogP contribution >= 0.6 is 15.9 Å². The molecule has 0 atom stereocenters. The Morgan fingerprint density at radius 3 is 2.61 bits per heavy atom. The predicted molar refractivity (Wildman–Crippen MR) is 69.9 cm³/mol. The number of amides is 1. The summed E-state index contributed by atoms with van der Waals surface area (Å²) in [5, 5.41) is 11.3. The predicted octanol–water partition coefficient (Wildman–Crippen LogP) is 3.43. The molecule has 1 rings (SSSR count). The van der Waals surface area contributed by atoms with Crippen LogP contribution in [0.3, 0.4) is 0 Å². The number of carbonyl (C=O) groups is 1. The van der Waals surface area contributed by atoms with Crippen LogP contribution in [0.2, 0.25) is 0 Å². The van der Waals surface area contributed by atoms with Gasteiger partial charge in [0.1, 0.15) is 5.60 Å². The van der Waals surface area contributed by atoms with E-state index >= 15 is 0 Å². The highest BCUT2D eigenvalue weighted by atomic mass is 79.9. The Kier molecular flexibility index (Phi) is 4.70. The zero-order valence-electron chi connectivity index (χ0n) is 10.4. The fourth-order valence-corrected chi connectivity index (χ4v) is 1.75. The van der Waals surface area contributed by atoms with Gasteiger partial charge in [-0.2, -0.15) is 0 Å². The highest BCUT2D eigenvalue weighted by Crippen LogP contribution is 2.26. The van der Waals surface area contributed by atoms with Crippen molar-refractivity contribution in [3.8, 4) is 0 Å². The van der Waals surface area contributed by atoms with E-state index in [1.807, 2.05) is 0 Å². The van der Waals surface area contributed by atoms with Gasteiger partial charge in [-0.05, 0) is 54.4 Å². The molecule has 6 heteroatoms. The monoisotopic (exact) mass is 319 g/mol. The Hall–Kier alpha value is -1.14. The Labute approximate surface area is 113 Å². The summed E-state index contributed by atoms with van der Waals surface area (Å²) >= 11 is 3.01. The fraction of sp³-hybridized carbons (Fsp3) is 0.417. The quantitative estimate of drug-likeness (QED) is 0.878. The minimum Gasteiger partial charge on any atom is -0.444 e. The molecule has 4 nitrogen and oxygen atoms in total. The Morgan fingerprint density at radius 2 is 2.11 bits per heavy atom. The molecule has 1 amide bonds. The van der Waals surface area contributed by atoms with Crippen molar-refractivity contribution in [1.29, 1.82) is 0 Å². The second-order valence-electron chi connectivity index (χ2n) is 4.72. The summed E-state index contributed by atoms with van der Waals surface area (Å²) in [6.07, 6.45) is -0.747. The number of aliphatic hydroxyl groups excluding tert-OH is 1. The average molecular weight is 320 g/mol. The van der Waals surface area contributed by atoms with Gasteiger partial charge in [-0.25, -0.2) is 9.18 Å². The van der Waals surface area contributed by atoms with Gasteiger partial charge >= 0.3 is 6.09 Å². The van der Waals surface area contributed by atoms with E-state index in [1.54, 1.807) is 20.8 Å². The van der Waals surface area contributed by atoms with Gasteiger partial charge in [-0.3, -0.25) is 5.32 Å². The number of anilines is 1. The lowest BCUT2D eigenvalue weighted by Gasteiger charge is -2.20. The van der Waals surface area contributed by atoms with E-state index in [-0.39, 0.29) is 16.8 Å². The molecule has 0 aromatic heterocycles. The molecule has 0 spiro atoms. The van der Waals surface area contributed by atoms with Crippen LogP contribution < -0.4 is 5.32 Å². The molecule has 100 valence electrons. The van der Waals surface area contributed by atoms with Crippen LogP contribution in [0.5, 0.6) is 0 Å². The van der Waals surface area contributed by atoms with Crippen LogP contribution in [0, 0.1) is 5.82 Å². The molecule has 18 heavy (non-hydrogen) atoms. The van der Waals surface area contributed by atoms with Crippen molar-refractivity contribution in [2.45, 2.75) is 33.0 Å². The molecule has 0 radical (unpaired) electrons. The third kappa shape index (κ3) is 4.27. The maximum Gasteiger partial charge on any atom is 0.412 e. The largest absolute Gasteiger partial charge is 0.444 e. The minimum absolute atomic E-state index is 0.0392. The molecule has 2 N–H and O–H groups in total. The fourth-order valence-electron chi connectivity index (χ4n) is 1.24. The summed E-state index contributed by atoms with van der Waals surface area (Å²) in [4.78, 5) is 11.5. The first-order chi connectivity index (χ1) is 8.23. The second kappa shape index (κ2) is 5.67. The number of ether oxygens (including phenoxy) is 1. The van der Waals surface area contributed by atoms with Gasteiger partial charge in [0.05, 0.1) is 16.8 Å². The van der Waals surface area contributed by atoms with Gasteiger partial charge in [0.15, 0.2) is 5.82 Å². The number of nitrogens with one attached hydrogen (secondary N) is 1. The van der Waals surface area contributed by atoms with Crippen LogP contribution in [-0.4, -0.2) is 16.8 Å². The molecule has 0 saturated carbocycles. The minimum atomic E-state index is -0.747. The number of rotatable bonds is 2. The Morgan fingerprint density at radius 1 is 1.50 bits per heavy atom. The zero-order valence-corrected chi connectivity index (χ0v) is 12.0. The first-order valence-electron chi connectivity index (χ1n) is 5.31. The topological polar surface area (TPSA) is 58.6 Å². The van der Waals surface area contributed by atoms with Crippen LogP contribution in [-0.2, 0) is 11.3 Å². The van der Waals surface area contributed by atoms with Crippen molar-refractivity contribution in [2.24, 2.45) is 0 Å². The lowest BCUT2D eigenvalue weighted by Crippen LogP contribution is -2.27. The summed E-state index contributed by atoms with van der Waals surface area (Å²) in [5.41, 5.74) is -0.219. The Bertz CT molecular complexity index is 457. The number of halogens is 2. The van der Waals surface area contributed by atoms with E-state index in [9.17, 15) is 9.18 Å². The molecular weight excluding hydrogens is 305 g/mol. The number of hydrogen-bond donors (Lipinski definition) is 2. The second-order valence-corrected chi connectivity index (χ2v) is 5.58. The maximum absolute atomic E-state index is 13.7. The van der Waals surface area contributed by atoms with E-state index < -0.39 is 17.5 Å². The molecule has 0 bridgehead atoms. The average Bonchev–Trinajstić information content (AvgIpc) is 2.21. The smallest absolute Gasteiger partial charge is 0.412 e. The third-order valence-electron chi connectivity index (χ3n) is 1.91.